The van der Waals surface area contributed by atoms with Gasteiger partial charge in [-0.2, -0.15) is 12.6 Å². The SMILES string of the molecule is CCCCCCCCCCCOc1ccc(C(=S)C(S)c2ccc(OCCCCCCCCCCC)cc2)cc1. The summed E-state index contributed by atoms with van der Waals surface area (Å²) in [4.78, 5) is 0.831. The van der Waals surface area contributed by atoms with Gasteiger partial charge in [0.25, 0.3) is 0 Å². The second-order valence-corrected chi connectivity index (χ2v) is 12.2. The first-order chi connectivity index (χ1) is 19.7. The Morgan fingerprint density at radius 3 is 1.30 bits per heavy atom. The van der Waals surface area contributed by atoms with E-state index in [9.17, 15) is 0 Å². The number of thiol groups is 1. The van der Waals surface area contributed by atoms with E-state index in [0.717, 1.165) is 53.5 Å². The van der Waals surface area contributed by atoms with Crippen LogP contribution in [0.15, 0.2) is 48.5 Å². The van der Waals surface area contributed by atoms with Crippen molar-refractivity contribution in [2.45, 2.75) is 135 Å². The Morgan fingerprint density at radius 2 is 0.900 bits per heavy atom. The Bertz CT molecular complexity index is 879. The highest BCUT2D eigenvalue weighted by Gasteiger charge is 2.14. The molecule has 1 atom stereocenters. The van der Waals surface area contributed by atoms with Crippen LogP contribution in [0.25, 0.3) is 0 Å². The number of hydrogen-bond acceptors (Lipinski definition) is 4. The molecular weight excluding hydrogens is 529 g/mol. The lowest BCUT2D eigenvalue weighted by atomic mass is 10.0. The lowest BCUT2D eigenvalue weighted by molar-refractivity contribution is 0.304. The Labute approximate surface area is 257 Å². The maximum Gasteiger partial charge on any atom is 0.119 e. The molecule has 2 nitrogen and oxygen atoms in total. The third-order valence-corrected chi connectivity index (χ3v) is 8.82. The Hall–Kier alpha value is -1.52. The van der Waals surface area contributed by atoms with E-state index in [4.69, 9.17) is 34.3 Å². The first-order valence-electron chi connectivity index (χ1n) is 16.3. The number of rotatable bonds is 25. The van der Waals surface area contributed by atoms with Gasteiger partial charge in [-0.25, -0.2) is 0 Å². The summed E-state index contributed by atoms with van der Waals surface area (Å²) in [5.74, 6) is 1.83. The van der Waals surface area contributed by atoms with Crippen LogP contribution >= 0.6 is 24.8 Å². The van der Waals surface area contributed by atoms with E-state index in [-0.39, 0.29) is 5.25 Å². The molecule has 0 fully saturated rings. The van der Waals surface area contributed by atoms with Crippen molar-refractivity contribution in [2.75, 3.05) is 13.2 Å². The highest BCUT2D eigenvalue weighted by molar-refractivity contribution is 7.86. The summed E-state index contributed by atoms with van der Waals surface area (Å²) in [6.07, 6.45) is 23.8. The molecule has 0 spiro atoms. The van der Waals surface area contributed by atoms with Gasteiger partial charge in [-0.1, -0.05) is 153 Å². The summed E-state index contributed by atoms with van der Waals surface area (Å²) < 4.78 is 11.9. The molecule has 4 heteroatoms. The van der Waals surface area contributed by atoms with Crippen LogP contribution in [0.2, 0.25) is 0 Å². The minimum atomic E-state index is -0.130. The Kier molecular flexibility index (Phi) is 20.0. The van der Waals surface area contributed by atoms with Crippen molar-refractivity contribution in [3.05, 3.63) is 59.7 Å². The molecule has 0 aromatic heterocycles. The summed E-state index contributed by atoms with van der Waals surface area (Å²) in [6, 6.07) is 16.4. The van der Waals surface area contributed by atoms with Crippen LogP contribution in [-0.2, 0) is 0 Å². The summed E-state index contributed by atoms with van der Waals surface area (Å²) in [6.45, 7) is 6.11. The maximum absolute atomic E-state index is 5.96. The van der Waals surface area contributed by atoms with Gasteiger partial charge in [0.1, 0.15) is 11.5 Å². The molecule has 2 aromatic rings. The van der Waals surface area contributed by atoms with Gasteiger partial charge in [0.05, 0.1) is 18.5 Å². The molecule has 2 aromatic carbocycles. The van der Waals surface area contributed by atoms with Gasteiger partial charge in [0.2, 0.25) is 0 Å². The van der Waals surface area contributed by atoms with E-state index in [1.165, 1.54) is 103 Å². The maximum atomic E-state index is 5.96. The minimum Gasteiger partial charge on any atom is -0.494 e. The van der Waals surface area contributed by atoms with Crippen molar-refractivity contribution in [2.24, 2.45) is 0 Å². The first-order valence-corrected chi connectivity index (χ1v) is 17.3. The van der Waals surface area contributed by atoms with E-state index in [0.29, 0.717) is 0 Å². The molecule has 0 saturated carbocycles. The zero-order valence-corrected chi connectivity index (χ0v) is 27.2. The molecule has 40 heavy (non-hydrogen) atoms. The predicted molar refractivity (Wildman–Crippen MR) is 182 cm³/mol. The highest BCUT2D eigenvalue weighted by Crippen LogP contribution is 2.28. The molecule has 2 rings (SSSR count). The topological polar surface area (TPSA) is 18.5 Å². The minimum absolute atomic E-state index is 0.130. The fourth-order valence-corrected chi connectivity index (χ4v) is 5.57. The standard InChI is InChI=1S/C36H56O2S2/c1-3-5-7-9-11-13-15-17-19-29-37-33-25-21-31(22-26-33)35(39)36(40)32-23-27-34(28-24-32)38-30-20-18-16-14-12-10-8-6-4-2/h21-28,35,39H,3-20,29-30H2,1-2H3. The molecule has 0 bridgehead atoms. The smallest absolute Gasteiger partial charge is 0.119 e. The number of unbranched alkanes of at least 4 members (excludes halogenated alkanes) is 16. The quantitative estimate of drug-likeness (QED) is 0.0542. The van der Waals surface area contributed by atoms with E-state index in [1.54, 1.807) is 0 Å². The zero-order valence-electron chi connectivity index (χ0n) is 25.5. The van der Waals surface area contributed by atoms with Crippen LogP contribution in [0.4, 0.5) is 0 Å². The van der Waals surface area contributed by atoms with Crippen molar-refractivity contribution in [3.8, 4) is 11.5 Å². The number of benzene rings is 2. The van der Waals surface area contributed by atoms with Gasteiger partial charge < -0.3 is 9.47 Å². The molecule has 0 radical (unpaired) electrons. The van der Waals surface area contributed by atoms with Gasteiger partial charge >= 0.3 is 0 Å². The number of ether oxygens (including phenoxy) is 2. The molecule has 0 aliphatic rings. The molecule has 0 heterocycles. The molecule has 1 unspecified atom stereocenters. The van der Waals surface area contributed by atoms with Crippen LogP contribution in [0.3, 0.4) is 0 Å². The highest BCUT2D eigenvalue weighted by atomic mass is 32.1. The van der Waals surface area contributed by atoms with Crippen LogP contribution in [0.1, 0.15) is 146 Å². The van der Waals surface area contributed by atoms with Gasteiger partial charge in [-0.05, 0) is 48.2 Å². The first kappa shape index (κ1) is 34.7. The lowest BCUT2D eigenvalue weighted by Crippen LogP contribution is -2.06. The fourth-order valence-electron chi connectivity index (χ4n) is 4.98. The fraction of sp³-hybridized carbons (Fsp3) is 0.639. The third-order valence-electron chi connectivity index (χ3n) is 7.62. The monoisotopic (exact) mass is 584 g/mol. The van der Waals surface area contributed by atoms with Crippen molar-refractivity contribution < 1.29 is 9.47 Å². The van der Waals surface area contributed by atoms with Gasteiger partial charge in [-0.3, -0.25) is 0 Å². The predicted octanol–water partition coefficient (Wildman–Crippen LogP) is 11.9. The van der Waals surface area contributed by atoms with Crippen LogP contribution in [0, 0.1) is 0 Å². The average molecular weight is 585 g/mol. The van der Waals surface area contributed by atoms with Crippen LogP contribution in [0.5, 0.6) is 11.5 Å². The van der Waals surface area contributed by atoms with E-state index in [1.807, 2.05) is 24.3 Å². The largest absolute Gasteiger partial charge is 0.494 e. The van der Waals surface area contributed by atoms with E-state index in [2.05, 4.69) is 38.1 Å². The van der Waals surface area contributed by atoms with Crippen molar-refractivity contribution >= 4 is 29.7 Å². The van der Waals surface area contributed by atoms with Crippen LogP contribution in [-0.4, -0.2) is 18.1 Å². The van der Waals surface area contributed by atoms with Crippen LogP contribution < -0.4 is 9.47 Å². The van der Waals surface area contributed by atoms with Crippen molar-refractivity contribution in [1.82, 2.24) is 0 Å². The average Bonchev–Trinajstić information content (AvgIpc) is 2.99. The van der Waals surface area contributed by atoms with Gasteiger partial charge in [0, 0.05) is 4.86 Å². The molecule has 0 amide bonds. The Morgan fingerprint density at radius 1 is 0.550 bits per heavy atom. The molecule has 0 saturated heterocycles. The number of thiocarbonyl (C=S) groups is 1. The van der Waals surface area contributed by atoms with Crippen molar-refractivity contribution in [3.63, 3.8) is 0 Å². The summed E-state index contributed by atoms with van der Waals surface area (Å²) in [5.41, 5.74) is 2.12. The molecule has 224 valence electrons. The summed E-state index contributed by atoms with van der Waals surface area (Å²) >= 11 is 10.6. The van der Waals surface area contributed by atoms with Gasteiger partial charge in [0.15, 0.2) is 0 Å². The molecular formula is C36H56O2S2. The molecule has 0 aliphatic carbocycles. The summed E-state index contributed by atoms with van der Waals surface area (Å²) in [7, 11) is 0. The summed E-state index contributed by atoms with van der Waals surface area (Å²) in [5, 5.41) is -0.130. The zero-order chi connectivity index (χ0) is 28.7. The lowest BCUT2D eigenvalue weighted by Gasteiger charge is -2.15. The molecule has 0 N–H and O–H groups in total. The van der Waals surface area contributed by atoms with Gasteiger partial charge in [-0.15, -0.1) is 0 Å². The number of hydrogen-bond donors (Lipinski definition) is 1. The second kappa shape index (κ2) is 23.1. The second-order valence-electron chi connectivity index (χ2n) is 11.2. The Balaban J connectivity index is 1.60. The van der Waals surface area contributed by atoms with E-state index < -0.39 is 0 Å². The molecule has 0 aliphatic heterocycles. The van der Waals surface area contributed by atoms with E-state index >= 15 is 0 Å². The third kappa shape index (κ3) is 15.5. The normalized spacial score (nSPS) is 11.9. The van der Waals surface area contributed by atoms with Crippen molar-refractivity contribution in [1.29, 1.82) is 0 Å².